The summed E-state index contributed by atoms with van der Waals surface area (Å²) in [6, 6.07) is 0. The predicted octanol–water partition coefficient (Wildman–Crippen LogP) is 5.51. The summed E-state index contributed by atoms with van der Waals surface area (Å²) >= 11 is 35.1. The van der Waals surface area contributed by atoms with E-state index < -0.39 is 7.59 Å². The minimum absolute atomic E-state index is 0.0491. The molecule has 3 nitrogen and oxygen atoms in total. The molecule has 0 amide bonds. The van der Waals surface area contributed by atoms with Crippen LogP contribution in [0.15, 0.2) is 0 Å². The third kappa shape index (κ3) is 5.29. The Morgan fingerprint density at radius 3 is 2.05 bits per heavy atom. The van der Waals surface area contributed by atoms with E-state index in [2.05, 4.69) is 17.2 Å². The third-order valence-electron chi connectivity index (χ3n) is 2.50. The quantitative estimate of drug-likeness (QED) is 0.492. The highest BCUT2D eigenvalue weighted by molar-refractivity contribution is 6.68. The molecule has 0 saturated heterocycles. The van der Waals surface area contributed by atoms with Gasteiger partial charge in [-0.1, -0.05) is 101 Å². The van der Waals surface area contributed by atoms with Crippen molar-refractivity contribution in [3.05, 3.63) is 11.4 Å². The van der Waals surface area contributed by atoms with Gasteiger partial charge in [-0.15, -0.1) is 5.10 Å². The van der Waals surface area contributed by atoms with Gasteiger partial charge in [0.2, 0.25) is 7.59 Å². The van der Waals surface area contributed by atoms with Crippen molar-refractivity contribution in [1.82, 2.24) is 15.0 Å². The Balaban J connectivity index is 2.96. The molecule has 0 aliphatic rings. The molecule has 0 aromatic carbocycles. The number of unbranched alkanes of at least 4 members (excludes halogenated alkanes) is 3. The standard InChI is InChI=1S/C10H13Cl6N3/c1-2-3-4-5-6-19-8(10(14,15)16)7(17-18-19)9(11,12)13/h2-6H2,1H3. The van der Waals surface area contributed by atoms with Gasteiger partial charge in [0.1, 0.15) is 11.4 Å². The lowest BCUT2D eigenvalue weighted by molar-refractivity contribution is 0.514. The first-order valence-electron chi connectivity index (χ1n) is 5.75. The molecule has 0 spiro atoms. The van der Waals surface area contributed by atoms with E-state index in [-0.39, 0.29) is 11.4 Å². The Morgan fingerprint density at radius 1 is 0.947 bits per heavy atom. The topological polar surface area (TPSA) is 30.7 Å². The maximum atomic E-state index is 5.91. The molecular formula is C10H13Cl6N3. The average Bonchev–Trinajstić information content (AvgIpc) is 2.67. The fraction of sp³-hybridized carbons (Fsp3) is 0.800. The Hall–Kier alpha value is 0.880. The highest BCUT2D eigenvalue weighted by Crippen LogP contribution is 2.46. The Bertz CT molecular complexity index is 406. The second-order valence-corrected chi connectivity index (χ2v) is 8.63. The summed E-state index contributed by atoms with van der Waals surface area (Å²) in [7, 11) is 0. The summed E-state index contributed by atoms with van der Waals surface area (Å²) in [5, 5.41) is 7.72. The van der Waals surface area contributed by atoms with Crippen LogP contribution in [0, 0.1) is 0 Å². The summed E-state index contributed by atoms with van der Waals surface area (Å²) < 4.78 is -2.03. The van der Waals surface area contributed by atoms with Gasteiger partial charge in [-0.2, -0.15) is 0 Å². The fourth-order valence-corrected chi connectivity index (χ4v) is 2.57. The molecule has 1 aromatic rings. The van der Waals surface area contributed by atoms with E-state index in [1.54, 1.807) is 0 Å². The average molecular weight is 388 g/mol. The van der Waals surface area contributed by atoms with E-state index in [1.807, 2.05) is 0 Å². The Morgan fingerprint density at radius 2 is 1.58 bits per heavy atom. The summed E-state index contributed by atoms with van der Waals surface area (Å²) in [5.41, 5.74) is 0.252. The highest BCUT2D eigenvalue weighted by Gasteiger charge is 2.40. The SMILES string of the molecule is CCCCCCn1nnc(C(Cl)(Cl)Cl)c1C(Cl)(Cl)Cl. The second kappa shape index (κ2) is 7.24. The maximum Gasteiger partial charge on any atom is 0.236 e. The normalized spacial score (nSPS) is 13.0. The van der Waals surface area contributed by atoms with Crippen molar-refractivity contribution in [3.8, 4) is 0 Å². The van der Waals surface area contributed by atoms with Gasteiger partial charge < -0.3 is 0 Å². The van der Waals surface area contributed by atoms with Crippen LogP contribution in [-0.4, -0.2) is 15.0 Å². The van der Waals surface area contributed by atoms with Crippen LogP contribution in [0.5, 0.6) is 0 Å². The van der Waals surface area contributed by atoms with E-state index in [1.165, 1.54) is 4.68 Å². The number of alkyl halides is 6. The molecule has 0 atom stereocenters. The predicted molar refractivity (Wildman–Crippen MR) is 82.6 cm³/mol. The largest absolute Gasteiger partial charge is 0.245 e. The molecule has 0 N–H and O–H groups in total. The van der Waals surface area contributed by atoms with Gasteiger partial charge in [-0.25, -0.2) is 4.68 Å². The molecule has 9 heteroatoms. The Labute approximate surface area is 142 Å². The molecule has 19 heavy (non-hydrogen) atoms. The summed E-state index contributed by atoms with van der Waals surface area (Å²) in [6.07, 6.45) is 4.21. The fourth-order valence-electron chi connectivity index (χ4n) is 1.63. The van der Waals surface area contributed by atoms with Crippen LogP contribution in [0.2, 0.25) is 0 Å². The van der Waals surface area contributed by atoms with Crippen LogP contribution in [-0.2, 0) is 14.1 Å². The zero-order valence-corrected chi connectivity index (χ0v) is 14.7. The Kier molecular flexibility index (Phi) is 6.83. The van der Waals surface area contributed by atoms with Crippen LogP contribution < -0.4 is 0 Å². The van der Waals surface area contributed by atoms with Crippen molar-refractivity contribution >= 4 is 69.6 Å². The first-order chi connectivity index (χ1) is 8.68. The lowest BCUT2D eigenvalue weighted by atomic mass is 10.2. The van der Waals surface area contributed by atoms with Gasteiger partial charge in [-0.05, 0) is 6.42 Å². The highest BCUT2D eigenvalue weighted by atomic mass is 35.6. The molecule has 0 aliphatic carbocycles. The molecule has 0 unspecified atom stereocenters. The van der Waals surface area contributed by atoms with E-state index in [0.717, 1.165) is 25.7 Å². The second-order valence-electron chi connectivity index (χ2n) is 4.07. The number of aryl methyl sites for hydroxylation is 1. The zero-order chi connectivity index (χ0) is 14.7. The van der Waals surface area contributed by atoms with Gasteiger partial charge in [0, 0.05) is 6.54 Å². The van der Waals surface area contributed by atoms with Crippen molar-refractivity contribution < 1.29 is 0 Å². The van der Waals surface area contributed by atoms with E-state index in [4.69, 9.17) is 69.6 Å². The third-order valence-corrected chi connectivity index (χ3v) is 3.57. The van der Waals surface area contributed by atoms with Crippen LogP contribution in [0.25, 0.3) is 0 Å². The van der Waals surface area contributed by atoms with Crippen LogP contribution in [0.1, 0.15) is 44.0 Å². The van der Waals surface area contributed by atoms with Gasteiger partial charge in [0.05, 0.1) is 0 Å². The first-order valence-corrected chi connectivity index (χ1v) is 8.02. The zero-order valence-electron chi connectivity index (χ0n) is 10.1. The minimum atomic E-state index is -1.78. The molecule has 0 fully saturated rings. The number of rotatable bonds is 5. The molecule has 110 valence electrons. The maximum absolute atomic E-state index is 5.91. The summed E-state index contributed by atoms with van der Waals surface area (Å²) in [5.74, 6) is 0. The number of aromatic nitrogens is 3. The van der Waals surface area contributed by atoms with Crippen molar-refractivity contribution in [1.29, 1.82) is 0 Å². The molecule has 0 saturated carbocycles. The summed E-state index contributed by atoms with van der Waals surface area (Å²) in [4.78, 5) is 0. The minimum Gasteiger partial charge on any atom is -0.245 e. The monoisotopic (exact) mass is 385 g/mol. The van der Waals surface area contributed by atoms with E-state index >= 15 is 0 Å². The molecule has 1 rings (SSSR count). The number of nitrogens with zero attached hydrogens (tertiary/aromatic N) is 3. The van der Waals surface area contributed by atoms with Crippen molar-refractivity contribution in [3.63, 3.8) is 0 Å². The molecule has 0 aliphatic heterocycles. The lowest BCUT2D eigenvalue weighted by Gasteiger charge is -2.17. The summed E-state index contributed by atoms with van der Waals surface area (Å²) in [6.45, 7) is 2.69. The van der Waals surface area contributed by atoms with Gasteiger partial charge in [0.25, 0.3) is 0 Å². The van der Waals surface area contributed by atoms with Gasteiger partial charge in [-0.3, -0.25) is 0 Å². The smallest absolute Gasteiger partial charge is 0.236 e. The van der Waals surface area contributed by atoms with Crippen LogP contribution in [0.4, 0.5) is 0 Å². The van der Waals surface area contributed by atoms with Gasteiger partial charge in [0.15, 0.2) is 0 Å². The lowest BCUT2D eigenvalue weighted by Crippen LogP contribution is -2.17. The molecule has 0 bridgehead atoms. The van der Waals surface area contributed by atoms with E-state index in [9.17, 15) is 0 Å². The molecule has 1 aromatic heterocycles. The molecule has 1 heterocycles. The van der Waals surface area contributed by atoms with Gasteiger partial charge >= 0.3 is 0 Å². The molecular weight excluding hydrogens is 375 g/mol. The van der Waals surface area contributed by atoms with E-state index in [0.29, 0.717) is 6.54 Å². The number of halogens is 6. The van der Waals surface area contributed by atoms with Crippen LogP contribution >= 0.6 is 69.6 Å². The first kappa shape index (κ1) is 17.9. The van der Waals surface area contributed by atoms with Crippen molar-refractivity contribution in [2.75, 3.05) is 0 Å². The van der Waals surface area contributed by atoms with Crippen molar-refractivity contribution in [2.24, 2.45) is 0 Å². The van der Waals surface area contributed by atoms with Crippen LogP contribution in [0.3, 0.4) is 0 Å². The van der Waals surface area contributed by atoms with Crippen molar-refractivity contribution in [2.45, 2.75) is 46.7 Å². The number of hydrogen-bond acceptors (Lipinski definition) is 2. The molecule has 0 radical (unpaired) electrons. The number of hydrogen-bond donors (Lipinski definition) is 0.